The number of aryl methyl sites for hydroxylation is 1. The van der Waals surface area contributed by atoms with Crippen LogP contribution in [0.3, 0.4) is 0 Å². The molecule has 20 heavy (non-hydrogen) atoms. The zero-order valence-corrected chi connectivity index (χ0v) is 13.6. The van der Waals surface area contributed by atoms with Crippen molar-refractivity contribution in [2.75, 3.05) is 6.54 Å². The molecule has 4 heteroatoms. The highest BCUT2D eigenvalue weighted by Gasteiger charge is 2.11. The second-order valence-corrected chi connectivity index (χ2v) is 6.68. The van der Waals surface area contributed by atoms with E-state index < -0.39 is 0 Å². The first kappa shape index (κ1) is 15.5. The zero-order chi connectivity index (χ0) is 14.5. The first-order chi connectivity index (χ1) is 9.58. The molecule has 0 radical (unpaired) electrons. The molecule has 1 aromatic heterocycles. The fraction of sp³-hybridized carbons (Fsp3) is 0.375. The number of benzene rings is 1. The van der Waals surface area contributed by atoms with Crippen LogP contribution in [0.2, 0.25) is 5.02 Å². The molecule has 1 heterocycles. The fourth-order valence-electron chi connectivity index (χ4n) is 1.89. The van der Waals surface area contributed by atoms with E-state index in [0.29, 0.717) is 5.92 Å². The van der Waals surface area contributed by atoms with E-state index in [2.05, 4.69) is 25.2 Å². The molecular formula is C16H20ClNOS. The third-order valence-electron chi connectivity index (χ3n) is 2.96. The van der Waals surface area contributed by atoms with Gasteiger partial charge in [-0.25, -0.2) is 0 Å². The Labute approximate surface area is 129 Å². The molecule has 0 atom stereocenters. The highest BCUT2D eigenvalue weighted by molar-refractivity contribution is 7.99. The van der Waals surface area contributed by atoms with Crippen molar-refractivity contribution >= 4 is 23.4 Å². The van der Waals surface area contributed by atoms with Crippen molar-refractivity contribution in [2.45, 2.75) is 37.1 Å². The summed E-state index contributed by atoms with van der Waals surface area (Å²) in [7, 11) is 0. The van der Waals surface area contributed by atoms with Crippen molar-refractivity contribution in [1.82, 2.24) is 5.32 Å². The van der Waals surface area contributed by atoms with E-state index in [-0.39, 0.29) is 0 Å². The largest absolute Gasteiger partial charge is 0.468 e. The lowest BCUT2D eigenvalue weighted by Gasteiger charge is -2.13. The Morgan fingerprint density at radius 3 is 2.70 bits per heavy atom. The number of halogens is 1. The molecule has 1 N–H and O–H groups in total. The maximum absolute atomic E-state index is 6.35. The van der Waals surface area contributed by atoms with Crippen molar-refractivity contribution < 1.29 is 4.42 Å². The van der Waals surface area contributed by atoms with E-state index in [1.165, 1.54) is 4.90 Å². The summed E-state index contributed by atoms with van der Waals surface area (Å²) >= 11 is 8.05. The molecule has 0 aliphatic carbocycles. The molecule has 0 aliphatic rings. The van der Waals surface area contributed by atoms with Gasteiger partial charge >= 0.3 is 0 Å². The summed E-state index contributed by atoms with van der Waals surface area (Å²) in [6.45, 7) is 8.15. The van der Waals surface area contributed by atoms with Crippen LogP contribution in [0.5, 0.6) is 0 Å². The normalized spacial score (nSPS) is 11.2. The van der Waals surface area contributed by atoms with E-state index in [1.54, 1.807) is 18.0 Å². The number of hydrogen-bond acceptors (Lipinski definition) is 3. The highest BCUT2D eigenvalue weighted by Crippen LogP contribution is 2.35. The lowest BCUT2D eigenvalue weighted by Crippen LogP contribution is -2.19. The van der Waals surface area contributed by atoms with Gasteiger partial charge in [-0.1, -0.05) is 43.3 Å². The van der Waals surface area contributed by atoms with Crippen molar-refractivity contribution in [3.05, 3.63) is 46.9 Å². The molecule has 0 bridgehead atoms. The van der Waals surface area contributed by atoms with Gasteiger partial charge in [-0.15, -0.1) is 0 Å². The lowest BCUT2D eigenvalue weighted by atomic mass is 10.2. The molecule has 0 spiro atoms. The van der Waals surface area contributed by atoms with Gasteiger partial charge in [0.1, 0.15) is 5.76 Å². The summed E-state index contributed by atoms with van der Waals surface area (Å²) in [5, 5.41) is 4.27. The van der Waals surface area contributed by atoms with Crippen LogP contribution in [0.4, 0.5) is 0 Å². The van der Waals surface area contributed by atoms with Crippen molar-refractivity contribution in [3.8, 4) is 0 Å². The zero-order valence-electron chi connectivity index (χ0n) is 12.1. The molecule has 0 fully saturated rings. The fourth-order valence-corrected chi connectivity index (χ4v) is 3.19. The number of hydrogen-bond donors (Lipinski definition) is 1. The van der Waals surface area contributed by atoms with Crippen LogP contribution in [-0.2, 0) is 6.54 Å². The first-order valence-corrected chi connectivity index (χ1v) is 7.97. The Morgan fingerprint density at radius 2 is 2.05 bits per heavy atom. The SMILES string of the molecule is Cc1occc1Sc1cccc(Cl)c1CNCC(C)C. The van der Waals surface area contributed by atoms with Crippen molar-refractivity contribution in [3.63, 3.8) is 0 Å². The minimum atomic E-state index is 0.629. The quantitative estimate of drug-likeness (QED) is 0.800. The molecule has 1 aromatic carbocycles. The average molecular weight is 310 g/mol. The Bertz CT molecular complexity index is 565. The van der Waals surface area contributed by atoms with Gasteiger partial charge in [0, 0.05) is 16.5 Å². The van der Waals surface area contributed by atoms with Crippen LogP contribution in [0, 0.1) is 12.8 Å². The molecule has 2 rings (SSSR count). The number of nitrogens with one attached hydrogen (secondary N) is 1. The van der Waals surface area contributed by atoms with Crippen LogP contribution >= 0.6 is 23.4 Å². The Hall–Kier alpha value is -0.900. The van der Waals surface area contributed by atoms with E-state index in [0.717, 1.165) is 34.3 Å². The summed E-state index contributed by atoms with van der Waals surface area (Å²) in [6.07, 6.45) is 1.72. The molecular weight excluding hydrogens is 290 g/mol. The summed E-state index contributed by atoms with van der Waals surface area (Å²) < 4.78 is 5.35. The first-order valence-electron chi connectivity index (χ1n) is 6.78. The standard InChI is InChI=1S/C16H20ClNOS/c1-11(2)9-18-10-13-14(17)5-4-6-16(13)20-15-7-8-19-12(15)3/h4-8,11,18H,9-10H2,1-3H3. The number of rotatable bonds is 6. The van der Waals surface area contributed by atoms with Gasteiger partial charge in [-0.05, 0) is 43.1 Å². The lowest BCUT2D eigenvalue weighted by molar-refractivity contribution is 0.527. The summed E-state index contributed by atoms with van der Waals surface area (Å²) in [5.41, 5.74) is 1.15. The predicted octanol–water partition coefficient (Wildman–Crippen LogP) is 5.14. The van der Waals surface area contributed by atoms with E-state index in [4.69, 9.17) is 16.0 Å². The highest BCUT2D eigenvalue weighted by atomic mass is 35.5. The van der Waals surface area contributed by atoms with Gasteiger partial charge < -0.3 is 9.73 Å². The van der Waals surface area contributed by atoms with Crippen LogP contribution < -0.4 is 5.32 Å². The minimum absolute atomic E-state index is 0.629. The molecule has 0 amide bonds. The summed E-state index contributed by atoms with van der Waals surface area (Å²) in [5.74, 6) is 1.57. The van der Waals surface area contributed by atoms with Crippen molar-refractivity contribution in [2.24, 2.45) is 5.92 Å². The molecule has 108 valence electrons. The van der Waals surface area contributed by atoms with Gasteiger partial charge in [-0.3, -0.25) is 0 Å². The van der Waals surface area contributed by atoms with Crippen molar-refractivity contribution in [1.29, 1.82) is 0 Å². The number of furan rings is 1. The van der Waals surface area contributed by atoms with Crippen LogP contribution in [0.15, 0.2) is 44.7 Å². The smallest absolute Gasteiger partial charge is 0.114 e. The van der Waals surface area contributed by atoms with Crippen LogP contribution in [0.1, 0.15) is 25.2 Å². The molecule has 0 saturated carbocycles. The molecule has 2 nitrogen and oxygen atoms in total. The van der Waals surface area contributed by atoms with Gasteiger partial charge in [0.05, 0.1) is 11.2 Å². The monoisotopic (exact) mass is 309 g/mol. The Balaban J connectivity index is 2.15. The van der Waals surface area contributed by atoms with E-state index >= 15 is 0 Å². The minimum Gasteiger partial charge on any atom is -0.468 e. The third kappa shape index (κ3) is 4.05. The topological polar surface area (TPSA) is 25.2 Å². The Kier molecular flexibility index (Phi) is 5.58. The Morgan fingerprint density at radius 1 is 1.25 bits per heavy atom. The van der Waals surface area contributed by atoms with Crippen LogP contribution in [0.25, 0.3) is 0 Å². The maximum Gasteiger partial charge on any atom is 0.114 e. The summed E-state index contributed by atoms with van der Waals surface area (Å²) in [4.78, 5) is 2.32. The average Bonchev–Trinajstić information content (AvgIpc) is 2.78. The van der Waals surface area contributed by atoms with E-state index in [9.17, 15) is 0 Å². The molecule has 0 unspecified atom stereocenters. The van der Waals surface area contributed by atoms with E-state index in [1.807, 2.05) is 25.1 Å². The van der Waals surface area contributed by atoms with Gasteiger partial charge in [-0.2, -0.15) is 0 Å². The molecule has 2 aromatic rings. The second-order valence-electron chi connectivity index (χ2n) is 5.18. The van der Waals surface area contributed by atoms with Gasteiger partial charge in [0.25, 0.3) is 0 Å². The predicted molar refractivity (Wildman–Crippen MR) is 85.6 cm³/mol. The van der Waals surface area contributed by atoms with Gasteiger partial charge in [0.15, 0.2) is 0 Å². The van der Waals surface area contributed by atoms with Crippen LogP contribution in [-0.4, -0.2) is 6.54 Å². The molecule has 0 saturated heterocycles. The third-order valence-corrected chi connectivity index (χ3v) is 4.56. The second kappa shape index (κ2) is 7.21. The van der Waals surface area contributed by atoms with Gasteiger partial charge in [0.2, 0.25) is 0 Å². The maximum atomic E-state index is 6.35. The molecule has 0 aliphatic heterocycles. The summed E-state index contributed by atoms with van der Waals surface area (Å²) in [6, 6.07) is 8.04.